The fraction of sp³-hybridized carbons (Fsp3) is 0.400. The maximum atomic E-state index is 12.6. The Bertz CT molecular complexity index is 801. The summed E-state index contributed by atoms with van der Waals surface area (Å²) in [6, 6.07) is 4.46. The SMILES string of the molecule is Cn1cc(C[C@H](CO)NS(=O)(=O)c2cccc3c2OCC3)cn1. The molecule has 0 fully saturated rings. The highest BCUT2D eigenvalue weighted by molar-refractivity contribution is 7.89. The van der Waals surface area contributed by atoms with Crippen molar-refractivity contribution in [2.24, 2.45) is 7.05 Å². The van der Waals surface area contributed by atoms with Crippen molar-refractivity contribution in [3.63, 3.8) is 0 Å². The normalized spacial score (nSPS) is 15.2. The lowest BCUT2D eigenvalue weighted by atomic mass is 10.1. The molecular formula is C15H19N3O4S. The Labute approximate surface area is 134 Å². The monoisotopic (exact) mass is 337 g/mol. The quantitative estimate of drug-likeness (QED) is 0.787. The van der Waals surface area contributed by atoms with Crippen molar-refractivity contribution in [2.75, 3.05) is 13.2 Å². The van der Waals surface area contributed by atoms with Crippen LogP contribution in [-0.2, 0) is 29.9 Å². The van der Waals surface area contributed by atoms with Crippen LogP contribution in [0.5, 0.6) is 5.75 Å². The standard InChI is InChI=1S/C15H19N3O4S/c1-18-9-11(8-16-18)7-13(10-19)17-23(20,21)14-4-2-3-12-5-6-22-15(12)14/h2-4,8-9,13,17,19H,5-7,10H2,1H3/t13-/m1/s1. The summed E-state index contributed by atoms with van der Waals surface area (Å²) in [5.74, 6) is 0.415. The number of fused-ring (bicyclic) bond motifs is 1. The maximum absolute atomic E-state index is 12.6. The van der Waals surface area contributed by atoms with Crippen molar-refractivity contribution in [3.05, 3.63) is 41.7 Å². The fourth-order valence-corrected chi connectivity index (χ4v) is 4.10. The van der Waals surface area contributed by atoms with E-state index in [4.69, 9.17) is 4.74 Å². The van der Waals surface area contributed by atoms with Crippen LogP contribution in [0, 0.1) is 0 Å². The number of aromatic nitrogens is 2. The number of aliphatic hydroxyl groups is 1. The number of aryl methyl sites for hydroxylation is 1. The van der Waals surface area contributed by atoms with E-state index < -0.39 is 16.1 Å². The summed E-state index contributed by atoms with van der Waals surface area (Å²) in [5, 5.41) is 13.6. The van der Waals surface area contributed by atoms with Crippen molar-refractivity contribution in [1.29, 1.82) is 0 Å². The highest BCUT2D eigenvalue weighted by Crippen LogP contribution is 2.32. The third-order valence-electron chi connectivity index (χ3n) is 3.75. The molecule has 2 N–H and O–H groups in total. The van der Waals surface area contributed by atoms with Gasteiger partial charge in [0.2, 0.25) is 10.0 Å². The average molecular weight is 337 g/mol. The van der Waals surface area contributed by atoms with Crippen LogP contribution >= 0.6 is 0 Å². The Kier molecular flexibility index (Phi) is 4.38. The topological polar surface area (TPSA) is 93.5 Å². The first-order chi connectivity index (χ1) is 11.0. The van der Waals surface area contributed by atoms with E-state index in [1.165, 1.54) is 6.07 Å². The second-order valence-corrected chi connectivity index (χ2v) is 7.25. The van der Waals surface area contributed by atoms with E-state index >= 15 is 0 Å². The second kappa shape index (κ2) is 6.31. The lowest BCUT2D eigenvalue weighted by molar-refractivity contribution is 0.256. The molecule has 7 nitrogen and oxygen atoms in total. The van der Waals surface area contributed by atoms with Crippen LogP contribution in [0.3, 0.4) is 0 Å². The molecule has 1 atom stereocenters. The van der Waals surface area contributed by atoms with Gasteiger partial charge in [-0.15, -0.1) is 0 Å². The Morgan fingerprint density at radius 1 is 1.48 bits per heavy atom. The Balaban J connectivity index is 1.81. The molecule has 124 valence electrons. The van der Waals surface area contributed by atoms with Gasteiger partial charge in [0.05, 0.1) is 19.4 Å². The van der Waals surface area contributed by atoms with Crippen LogP contribution in [0.15, 0.2) is 35.5 Å². The molecule has 1 aliphatic rings. The van der Waals surface area contributed by atoms with Gasteiger partial charge in [0.1, 0.15) is 10.6 Å². The van der Waals surface area contributed by atoms with Crippen molar-refractivity contribution in [1.82, 2.24) is 14.5 Å². The van der Waals surface area contributed by atoms with Crippen LogP contribution < -0.4 is 9.46 Å². The van der Waals surface area contributed by atoms with E-state index in [-0.39, 0.29) is 11.5 Å². The molecule has 0 saturated heterocycles. The number of hydrogen-bond donors (Lipinski definition) is 2. The van der Waals surface area contributed by atoms with Gasteiger partial charge in [0.25, 0.3) is 0 Å². The molecule has 0 spiro atoms. The number of nitrogens with one attached hydrogen (secondary N) is 1. The van der Waals surface area contributed by atoms with Crippen molar-refractivity contribution in [3.8, 4) is 5.75 Å². The summed E-state index contributed by atoms with van der Waals surface area (Å²) in [4.78, 5) is 0.122. The Morgan fingerprint density at radius 2 is 2.30 bits per heavy atom. The van der Waals surface area contributed by atoms with Gasteiger partial charge in [-0.25, -0.2) is 13.1 Å². The van der Waals surface area contributed by atoms with E-state index in [0.29, 0.717) is 25.2 Å². The van der Waals surface area contributed by atoms with Crippen LogP contribution in [0.2, 0.25) is 0 Å². The molecular weight excluding hydrogens is 318 g/mol. The van der Waals surface area contributed by atoms with E-state index in [1.54, 1.807) is 30.2 Å². The summed E-state index contributed by atoms with van der Waals surface area (Å²) in [6.07, 6.45) is 4.51. The molecule has 1 aromatic carbocycles. The lowest BCUT2D eigenvalue weighted by Gasteiger charge is -2.17. The van der Waals surface area contributed by atoms with Gasteiger partial charge in [0, 0.05) is 25.7 Å². The predicted octanol–water partition coefficient (Wildman–Crippen LogP) is 0.237. The Morgan fingerprint density at radius 3 is 3.00 bits per heavy atom. The number of hydrogen-bond acceptors (Lipinski definition) is 5. The number of sulfonamides is 1. The molecule has 0 unspecified atom stereocenters. The molecule has 0 bridgehead atoms. The Hall–Kier alpha value is -1.90. The first-order valence-electron chi connectivity index (χ1n) is 7.35. The summed E-state index contributed by atoms with van der Waals surface area (Å²) in [5.41, 5.74) is 1.74. The van der Waals surface area contributed by atoms with E-state index in [9.17, 15) is 13.5 Å². The summed E-state index contributed by atoms with van der Waals surface area (Å²) >= 11 is 0. The maximum Gasteiger partial charge on any atom is 0.244 e. The minimum atomic E-state index is -3.77. The number of ether oxygens (including phenoxy) is 1. The smallest absolute Gasteiger partial charge is 0.244 e. The van der Waals surface area contributed by atoms with Gasteiger partial charge in [-0.3, -0.25) is 4.68 Å². The predicted molar refractivity (Wildman–Crippen MR) is 83.7 cm³/mol. The second-order valence-electron chi connectivity index (χ2n) is 5.57. The van der Waals surface area contributed by atoms with Gasteiger partial charge < -0.3 is 9.84 Å². The molecule has 0 saturated carbocycles. The molecule has 0 amide bonds. The molecule has 0 aliphatic carbocycles. The number of para-hydroxylation sites is 1. The van der Waals surface area contributed by atoms with Crippen LogP contribution in [-0.4, -0.2) is 42.6 Å². The highest BCUT2D eigenvalue weighted by Gasteiger charge is 2.27. The first kappa shape index (κ1) is 16.0. The summed E-state index contributed by atoms with van der Waals surface area (Å²) < 4.78 is 34.9. The zero-order valence-corrected chi connectivity index (χ0v) is 13.6. The van der Waals surface area contributed by atoms with Gasteiger partial charge in [-0.2, -0.15) is 5.10 Å². The largest absolute Gasteiger partial charge is 0.492 e. The van der Waals surface area contributed by atoms with Gasteiger partial charge >= 0.3 is 0 Å². The number of aliphatic hydroxyl groups excluding tert-OH is 1. The van der Waals surface area contributed by atoms with E-state index in [2.05, 4.69) is 9.82 Å². The van der Waals surface area contributed by atoms with E-state index in [1.807, 2.05) is 6.07 Å². The lowest BCUT2D eigenvalue weighted by Crippen LogP contribution is -2.39. The summed E-state index contributed by atoms with van der Waals surface area (Å²) in [6.45, 7) is 0.186. The zero-order chi connectivity index (χ0) is 16.4. The summed E-state index contributed by atoms with van der Waals surface area (Å²) in [7, 11) is -1.99. The third-order valence-corrected chi connectivity index (χ3v) is 5.29. The van der Waals surface area contributed by atoms with Gasteiger partial charge in [0.15, 0.2) is 0 Å². The fourth-order valence-electron chi connectivity index (χ4n) is 2.68. The molecule has 3 rings (SSSR count). The van der Waals surface area contributed by atoms with E-state index in [0.717, 1.165) is 11.1 Å². The molecule has 0 radical (unpaired) electrons. The average Bonchev–Trinajstić information content (AvgIpc) is 3.14. The molecule has 2 heterocycles. The molecule has 2 aromatic rings. The van der Waals surface area contributed by atoms with Crippen molar-refractivity contribution < 1.29 is 18.3 Å². The highest BCUT2D eigenvalue weighted by atomic mass is 32.2. The zero-order valence-electron chi connectivity index (χ0n) is 12.8. The minimum absolute atomic E-state index is 0.122. The third kappa shape index (κ3) is 3.39. The molecule has 1 aliphatic heterocycles. The number of rotatable bonds is 6. The first-order valence-corrected chi connectivity index (χ1v) is 8.83. The number of nitrogens with zero attached hydrogens (tertiary/aromatic N) is 2. The van der Waals surface area contributed by atoms with Gasteiger partial charge in [-0.05, 0) is 23.6 Å². The van der Waals surface area contributed by atoms with Crippen LogP contribution in [0.1, 0.15) is 11.1 Å². The van der Waals surface area contributed by atoms with Gasteiger partial charge in [-0.1, -0.05) is 12.1 Å². The molecule has 1 aromatic heterocycles. The number of benzene rings is 1. The van der Waals surface area contributed by atoms with Crippen molar-refractivity contribution >= 4 is 10.0 Å². The molecule has 23 heavy (non-hydrogen) atoms. The van der Waals surface area contributed by atoms with Crippen molar-refractivity contribution in [2.45, 2.75) is 23.8 Å². The van der Waals surface area contributed by atoms with Crippen LogP contribution in [0.4, 0.5) is 0 Å². The van der Waals surface area contributed by atoms with Crippen LogP contribution in [0.25, 0.3) is 0 Å². The molecule has 8 heteroatoms. The minimum Gasteiger partial charge on any atom is -0.492 e.